The lowest BCUT2D eigenvalue weighted by Crippen LogP contribution is -2.37. The van der Waals surface area contributed by atoms with Crippen molar-refractivity contribution in [3.05, 3.63) is 53.7 Å². The first kappa shape index (κ1) is 16.5. The molecule has 1 aromatic carbocycles. The summed E-state index contributed by atoms with van der Waals surface area (Å²) in [6.07, 6.45) is 1.37. The third kappa shape index (κ3) is 4.32. The molecule has 0 fully saturated rings. The van der Waals surface area contributed by atoms with Gasteiger partial charge in [0.2, 0.25) is 5.91 Å². The van der Waals surface area contributed by atoms with Gasteiger partial charge in [0.25, 0.3) is 5.91 Å². The molecule has 0 aliphatic rings. The molecule has 1 heterocycles. The summed E-state index contributed by atoms with van der Waals surface area (Å²) < 4.78 is 23.4. The highest BCUT2D eigenvalue weighted by molar-refractivity contribution is 5.94. The predicted molar refractivity (Wildman–Crippen MR) is 80.6 cm³/mol. The molecule has 1 atom stereocenters. The van der Waals surface area contributed by atoms with Crippen LogP contribution in [0, 0.1) is 5.82 Å². The molecule has 2 amide bonds. The van der Waals surface area contributed by atoms with Crippen molar-refractivity contribution in [1.82, 2.24) is 10.6 Å². The van der Waals surface area contributed by atoms with E-state index >= 15 is 0 Å². The molecule has 0 saturated carbocycles. The molecule has 0 aliphatic carbocycles. The van der Waals surface area contributed by atoms with Crippen LogP contribution < -0.4 is 15.4 Å². The molecular weight excluding hydrogens is 303 g/mol. The number of hydrogen-bond donors (Lipinski definition) is 2. The van der Waals surface area contributed by atoms with Crippen LogP contribution in [0.15, 0.2) is 41.0 Å². The Balaban J connectivity index is 1.87. The lowest BCUT2D eigenvalue weighted by atomic mass is 10.1. The monoisotopic (exact) mass is 320 g/mol. The van der Waals surface area contributed by atoms with Gasteiger partial charge in [-0.15, -0.1) is 0 Å². The molecule has 0 bridgehead atoms. The SMILES string of the molecule is COc1ccc([C@H](C)NC(=O)CNC(=O)c2ccco2)cc1F. The molecule has 2 aromatic rings. The number of carbonyl (C=O) groups excluding carboxylic acids is 2. The number of rotatable bonds is 6. The normalized spacial score (nSPS) is 11.6. The summed E-state index contributed by atoms with van der Waals surface area (Å²) in [5.74, 6) is -1.11. The first-order valence-electron chi connectivity index (χ1n) is 6.95. The summed E-state index contributed by atoms with van der Waals surface area (Å²) in [5, 5.41) is 5.10. The zero-order valence-electron chi connectivity index (χ0n) is 12.8. The molecule has 122 valence electrons. The van der Waals surface area contributed by atoms with Crippen LogP contribution in [0.1, 0.15) is 29.1 Å². The third-order valence-corrected chi connectivity index (χ3v) is 3.21. The molecule has 6 nitrogen and oxygen atoms in total. The van der Waals surface area contributed by atoms with Gasteiger partial charge in [-0.1, -0.05) is 6.07 Å². The second-order valence-corrected chi connectivity index (χ2v) is 4.84. The Kier molecular flexibility index (Phi) is 5.35. The molecule has 0 unspecified atom stereocenters. The number of ether oxygens (including phenoxy) is 1. The number of furan rings is 1. The highest BCUT2D eigenvalue weighted by atomic mass is 19.1. The maximum Gasteiger partial charge on any atom is 0.287 e. The standard InChI is InChI=1S/C16H17FN2O4/c1-10(11-5-6-13(22-2)12(17)8-11)19-15(20)9-18-16(21)14-4-3-7-23-14/h3-8,10H,9H2,1-2H3,(H,18,21)(H,19,20)/t10-/m0/s1. The number of benzene rings is 1. The van der Waals surface area contributed by atoms with E-state index < -0.39 is 23.7 Å². The quantitative estimate of drug-likeness (QED) is 0.853. The van der Waals surface area contributed by atoms with Crippen LogP contribution in [0.25, 0.3) is 0 Å². The van der Waals surface area contributed by atoms with Crippen molar-refractivity contribution in [1.29, 1.82) is 0 Å². The smallest absolute Gasteiger partial charge is 0.287 e. The van der Waals surface area contributed by atoms with Crippen molar-refractivity contribution in [2.45, 2.75) is 13.0 Å². The van der Waals surface area contributed by atoms with Gasteiger partial charge in [-0.3, -0.25) is 9.59 Å². The Morgan fingerprint density at radius 1 is 1.35 bits per heavy atom. The van der Waals surface area contributed by atoms with Gasteiger partial charge < -0.3 is 19.8 Å². The number of nitrogens with one attached hydrogen (secondary N) is 2. The number of methoxy groups -OCH3 is 1. The number of hydrogen-bond acceptors (Lipinski definition) is 4. The van der Waals surface area contributed by atoms with Crippen molar-refractivity contribution in [2.24, 2.45) is 0 Å². The van der Waals surface area contributed by atoms with E-state index in [-0.39, 0.29) is 18.1 Å². The van der Waals surface area contributed by atoms with Gasteiger partial charge in [0.1, 0.15) is 0 Å². The highest BCUT2D eigenvalue weighted by Gasteiger charge is 2.14. The Morgan fingerprint density at radius 2 is 2.13 bits per heavy atom. The van der Waals surface area contributed by atoms with Crippen LogP contribution >= 0.6 is 0 Å². The van der Waals surface area contributed by atoms with Gasteiger partial charge in [-0.25, -0.2) is 4.39 Å². The summed E-state index contributed by atoms with van der Waals surface area (Å²) in [7, 11) is 1.38. The first-order valence-corrected chi connectivity index (χ1v) is 6.95. The van der Waals surface area contributed by atoms with E-state index in [1.165, 1.54) is 31.6 Å². The van der Waals surface area contributed by atoms with Gasteiger partial charge in [-0.2, -0.15) is 0 Å². The molecule has 1 aromatic heterocycles. The number of amides is 2. The van der Waals surface area contributed by atoms with E-state index in [0.29, 0.717) is 5.56 Å². The zero-order valence-corrected chi connectivity index (χ0v) is 12.8. The van der Waals surface area contributed by atoms with Gasteiger partial charge in [0.05, 0.1) is 26.0 Å². The topological polar surface area (TPSA) is 80.6 Å². The van der Waals surface area contributed by atoms with Crippen LogP contribution in [-0.2, 0) is 4.79 Å². The van der Waals surface area contributed by atoms with E-state index in [4.69, 9.17) is 9.15 Å². The second kappa shape index (κ2) is 7.44. The minimum atomic E-state index is -0.503. The Hall–Kier alpha value is -2.83. The fourth-order valence-corrected chi connectivity index (χ4v) is 1.98. The molecule has 0 saturated heterocycles. The van der Waals surface area contributed by atoms with Crippen LogP contribution in [0.3, 0.4) is 0 Å². The van der Waals surface area contributed by atoms with E-state index in [2.05, 4.69) is 10.6 Å². The average Bonchev–Trinajstić information content (AvgIpc) is 3.07. The lowest BCUT2D eigenvalue weighted by Gasteiger charge is -2.15. The summed E-state index contributed by atoms with van der Waals surface area (Å²) >= 11 is 0. The molecule has 0 radical (unpaired) electrons. The molecule has 0 aliphatic heterocycles. The molecular formula is C16H17FN2O4. The van der Waals surface area contributed by atoms with Crippen molar-refractivity contribution in [3.63, 3.8) is 0 Å². The van der Waals surface area contributed by atoms with Gasteiger partial charge in [-0.05, 0) is 36.8 Å². The van der Waals surface area contributed by atoms with E-state index in [0.717, 1.165) is 0 Å². The Labute approximate surface area is 132 Å². The average molecular weight is 320 g/mol. The van der Waals surface area contributed by atoms with E-state index in [9.17, 15) is 14.0 Å². The number of carbonyl (C=O) groups is 2. The van der Waals surface area contributed by atoms with Crippen molar-refractivity contribution < 1.29 is 23.1 Å². The van der Waals surface area contributed by atoms with Gasteiger partial charge >= 0.3 is 0 Å². The van der Waals surface area contributed by atoms with Crippen LogP contribution in [-0.4, -0.2) is 25.5 Å². The molecule has 7 heteroatoms. The fourth-order valence-electron chi connectivity index (χ4n) is 1.98. The van der Waals surface area contributed by atoms with Crippen molar-refractivity contribution in [2.75, 3.05) is 13.7 Å². The van der Waals surface area contributed by atoms with Crippen LogP contribution in [0.5, 0.6) is 5.75 Å². The van der Waals surface area contributed by atoms with E-state index in [1.54, 1.807) is 19.1 Å². The predicted octanol–water partition coefficient (Wildman–Crippen LogP) is 2.03. The Bertz CT molecular complexity index is 685. The first-order chi connectivity index (χ1) is 11.0. The summed E-state index contributed by atoms with van der Waals surface area (Å²) in [6, 6.07) is 7.11. The summed E-state index contributed by atoms with van der Waals surface area (Å²) in [6.45, 7) is 1.51. The van der Waals surface area contributed by atoms with Crippen LogP contribution in [0.4, 0.5) is 4.39 Å². The van der Waals surface area contributed by atoms with Gasteiger partial charge in [0, 0.05) is 0 Å². The largest absolute Gasteiger partial charge is 0.494 e. The molecule has 2 N–H and O–H groups in total. The second-order valence-electron chi connectivity index (χ2n) is 4.84. The molecule has 23 heavy (non-hydrogen) atoms. The van der Waals surface area contributed by atoms with Crippen molar-refractivity contribution in [3.8, 4) is 5.75 Å². The minimum Gasteiger partial charge on any atom is -0.494 e. The molecule has 0 spiro atoms. The van der Waals surface area contributed by atoms with E-state index in [1.807, 2.05) is 0 Å². The van der Waals surface area contributed by atoms with Crippen LogP contribution in [0.2, 0.25) is 0 Å². The maximum absolute atomic E-state index is 13.7. The molecule has 2 rings (SSSR count). The highest BCUT2D eigenvalue weighted by Crippen LogP contribution is 2.21. The van der Waals surface area contributed by atoms with Gasteiger partial charge in [0.15, 0.2) is 17.3 Å². The van der Waals surface area contributed by atoms with Crippen molar-refractivity contribution >= 4 is 11.8 Å². The third-order valence-electron chi connectivity index (χ3n) is 3.21. The summed E-state index contributed by atoms with van der Waals surface area (Å²) in [5.41, 5.74) is 0.592. The zero-order chi connectivity index (χ0) is 16.8. The Morgan fingerprint density at radius 3 is 2.74 bits per heavy atom. The number of halogens is 1. The maximum atomic E-state index is 13.7. The lowest BCUT2D eigenvalue weighted by molar-refractivity contribution is -0.120. The summed E-state index contributed by atoms with van der Waals surface area (Å²) in [4.78, 5) is 23.5. The fraction of sp³-hybridized carbons (Fsp3) is 0.250. The minimum absolute atomic E-state index is 0.128.